The molecule has 1 aliphatic heterocycles. The normalized spacial score (nSPS) is 25.3. The topological polar surface area (TPSA) is 35.5 Å². The van der Waals surface area contributed by atoms with Crippen LogP contribution in [0, 0.1) is 5.92 Å². The van der Waals surface area contributed by atoms with E-state index in [0.29, 0.717) is 18.0 Å². The van der Waals surface area contributed by atoms with Gasteiger partial charge in [-0.25, -0.2) is 0 Å². The van der Waals surface area contributed by atoms with Crippen LogP contribution < -0.4 is 5.32 Å². The smallest absolute Gasteiger partial charge is 0.0690 e. The summed E-state index contributed by atoms with van der Waals surface area (Å²) < 4.78 is 0. The molecule has 18 heavy (non-hydrogen) atoms. The monoisotopic (exact) mass is 256 g/mol. The Morgan fingerprint density at radius 3 is 2.61 bits per heavy atom. The summed E-state index contributed by atoms with van der Waals surface area (Å²) in [6, 6.07) is 1.13. The van der Waals surface area contributed by atoms with Crippen molar-refractivity contribution in [2.24, 2.45) is 5.92 Å². The van der Waals surface area contributed by atoms with E-state index < -0.39 is 0 Å². The van der Waals surface area contributed by atoms with E-state index in [1.807, 2.05) is 0 Å². The molecule has 2 N–H and O–H groups in total. The summed E-state index contributed by atoms with van der Waals surface area (Å²) >= 11 is 0. The van der Waals surface area contributed by atoms with Gasteiger partial charge in [0.05, 0.1) is 6.10 Å². The predicted octanol–water partition coefficient (Wildman–Crippen LogP) is 2.25. The summed E-state index contributed by atoms with van der Waals surface area (Å²) in [5.41, 5.74) is 0. The van der Waals surface area contributed by atoms with Crippen molar-refractivity contribution in [3.63, 3.8) is 0 Å². The highest BCUT2D eigenvalue weighted by molar-refractivity contribution is 4.86. The van der Waals surface area contributed by atoms with Gasteiger partial charge in [-0.1, -0.05) is 27.2 Å². The highest BCUT2D eigenvalue weighted by Gasteiger charge is 2.28. The summed E-state index contributed by atoms with van der Waals surface area (Å²) in [6.45, 7) is 11.8. The lowest BCUT2D eigenvalue weighted by atomic mass is 9.95. The van der Waals surface area contributed by atoms with Gasteiger partial charge in [-0.05, 0) is 45.2 Å². The van der Waals surface area contributed by atoms with Crippen molar-refractivity contribution in [2.75, 3.05) is 19.6 Å². The molecule has 1 rings (SSSR count). The van der Waals surface area contributed by atoms with Gasteiger partial charge in [0.15, 0.2) is 0 Å². The number of aliphatic hydroxyl groups is 1. The maximum atomic E-state index is 10.1. The largest absolute Gasteiger partial charge is 0.392 e. The second-order valence-corrected chi connectivity index (χ2v) is 6.11. The number of rotatable bonds is 7. The van der Waals surface area contributed by atoms with Crippen LogP contribution in [0.4, 0.5) is 0 Å². The fourth-order valence-corrected chi connectivity index (χ4v) is 2.77. The number of nitrogens with zero attached hydrogens (tertiary/aromatic N) is 1. The molecule has 0 aromatic rings. The Morgan fingerprint density at radius 2 is 2.00 bits per heavy atom. The molecule has 3 atom stereocenters. The summed E-state index contributed by atoms with van der Waals surface area (Å²) in [4.78, 5) is 2.50. The summed E-state index contributed by atoms with van der Waals surface area (Å²) in [5.74, 6) is 0.353. The molecule has 3 nitrogen and oxygen atoms in total. The Labute approximate surface area is 113 Å². The van der Waals surface area contributed by atoms with Crippen LogP contribution >= 0.6 is 0 Å². The number of nitrogens with one attached hydrogen (secondary N) is 1. The fraction of sp³-hybridized carbons (Fsp3) is 1.00. The predicted molar refractivity (Wildman–Crippen MR) is 77.8 cm³/mol. The van der Waals surface area contributed by atoms with Gasteiger partial charge >= 0.3 is 0 Å². The molecule has 0 saturated carbocycles. The number of hydrogen-bond acceptors (Lipinski definition) is 3. The zero-order valence-corrected chi connectivity index (χ0v) is 12.7. The first-order valence-corrected chi connectivity index (χ1v) is 7.71. The molecular formula is C15H32N2O. The highest BCUT2D eigenvalue weighted by Crippen LogP contribution is 2.21. The van der Waals surface area contributed by atoms with Gasteiger partial charge in [0.25, 0.3) is 0 Å². The van der Waals surface area contributed by atoms with Crippen molar-refractivity contribution >= 4 is 0 Å². The van der Waals surface area contributed by atoms with E-state index in [1.54, 1.807) is 0 Å². The van der Waals surface area contributed by atoms with Crippen molar-refractivity contribution < 1.29 is 5.11 Å². The summed E-state index contributed by atoms with van der Waals surface area (Å²) in [5, 5.41) is 13.7. The molecule has 0 amide bonds. The van der Waals surface area contributed by atoms with Gasteiger partial charge in [0.1, 0.15) is 0 Å². The zero-order valence-electron chi connectivity index (χ0n) is 12.7. The maximum Gasteiger partial charge on any atom is 0.0690 e. The van der Waals surface area contributed by atoms with Gasteiger partial charge in [0, 0.05) is 18.6 Å². The first-order valence-electron chi connectivity index (χ1n) is 7.71. The standard InChI is InChI=1S/C15H32N2O/c1-5-9-16-13(4)14-8-6-7-10-17(14)11-15(18)12(2)3/h12-16,18H,5-11H2,1-4H3. The van der Waals surface area contributed by atoms with Crippen LogP contribution in [0.25, 0.3) is 0 Å². The molecule has 3 heteroatoms. The average Bonchev–Trinajstić information content (AvgIpc) is 2.36. The van der Waals surface area contributed by atoms with Gasteiger partial charge in [-0.15, -0.1) is 0 Å². The lowest BCUT2D eigenvalue weighted by Crippen LogP contribution is -2.53. The van der Waals surface area contributed by atoms with E-state index in [1.165, 1.54) is 25.7 Å². The summed E-state index contributed by atoms with van der Waals surface area (Å²) in [6.07, 6.45) is 4.87. The van der Waals surface area contributed by atoms with Crippen molar-refractivity contribution in [2.45, 2.75) is 71.6 Å². The fourth-order valence-electron chi connectivity index (χ4n) is 2.77. The molecular weight excluding hydrogens is 224 g/mol. The quantitative estimate of drug-likeness (QED) is 0.733. The molecule has 0 aromatic heterocycles. The minimum absolute atomic E-state index is 0.191. The highest BCUT2D eigenvalue weighted by atomic mass is 16.3. The Balaban J connectivity index is 2.50. The van der Waals surface area contributed by atoms with Crippen molar-refractivity contribution in [1.82, 2.24) is 10.2 Å². The minimum Gasteiger partial charge on any atom is -0.392 e. The molecule has 0 radical (unpaired) electrons. The lowest BCUT2D eigenvalue weighted by molar-refractivity contribution is 0.0335. The Bertz CT molecular complexity index is 221. The molecule has 3 unspecified atom stereocenters. The third-order valence-electron chi connectivity index (χ3n) is 4.15. The van der Waals surface area contributed by atoms with E-state index in [9.17, 15) is 5.11 Å². The van der Waals surface area contributed by atoms with E-state index in [4.69, 9.17) is 0 Å². The molecule has 1 fully saturated rings. The molecule has 0 bridgehead atoms. The van der Waals surface area contributed by atoms with E-state index in [2.05, 4.69) is 37.9 Å². The molecule has 0 aliphatic carbocycles. The van der Waals surface area contributed by atoms with E-state index >= 15 is 0 Å². The first-order chi connectivity index (χ1) is 8.56. The van der Waals surface area contributed by atoms with Crippen LogP contribution in [0.15, 0.2) is 0 Å². The van der Waals surface area contributed by atoms with Crippen LogP contribution in [0.5, 0.6) is 0 Å². The van der Waals surface area contributed by atoms with Gasteiger partial charge < -0.3 is 10.4 Å². The Hall–Kier alpha value is -0.120. The van der Waals surface area contributed by atoms with Gasteiger partial charge in [-0.3, -0.25) is 4.90 Å². The molecule has 1 heterocycles. The van der Waals surface area contributed by atoms with Crippen molar-refractivity contribution in [3.8, 4) is 0 Å². The third kappa shape index (κ3) is 4.87. The molecule has 1 aliphatic rings. The average molecular weight is 256 g/mol. The second-order valence-electron chi connectivity index (χ2n) is 6.11. The van der Waals surface area contributed by atoms with Gasteiger partial charge in [0.2, 0.25) is 0 Å². The van der Waals surface area contributed by atoms with Crippen LogP contribution in [-0.2, 0) is 0 Å². The number of β-amino-alcohol motifs (C(OH)–C–C–N with tert-alkyl or cyclic N) is 1. The van der Waals surface area contributed by atoms with Gasteiger partial charge in [-0.2, -0.15) is 0 Å². The number of likely N-dealkylation sites (tertiary alicyclic amines) is 1. The summed E-state index contributed by atoms with van der Waals surface area (Å²) in [7, 11) is 0. The third-order valence-corrected chi connectivity index (χ3v) is 4.15. The SMILES string of the molecule is CCCNC(C)C1CCCCN1CC(O)C(C)C. The second kappa shape index (κ2) is 8.13. The first kappa shape index (κ1) is 15.9. The van der Waals surface area contributed by atoms with Crippen molar-refractivity contribution in [1.29, 1.82) is 0 Å². The minimum atomic E-state index is -0.191. The zero-order chi connectivity index (χ0) is 13.5. The van der Waals surface area contributed by atoms with Crippen molar-refractivity contribution in [3.05, 3.63) is 0 Å². The van der Waals surface area contributed by atoms with Crippen LogP contribution in [0.1, 0.15) is 53.4 Å². The van der Waals surface area contributed by atoms with Crippen LogP contribution in [0.2, 0.25) is 0 Å². The Kier molecular flexibility index (Phi) is 7.20. The number of piperidine rings is 1. The van der Waals surface area contributed by atoms with E-state index in [0.717, 1.165) is 19.6 Å². The Morgan fingerprint density at radius 1 is 1.28 bits per heavy atom. The van der Waals surface area contributed by atoms with Crippen LogP contribution in [0.3, 0.4) is 0 Å². The molecule has 108 valence electrons. The molecule has 0 aromatic carbocycles. The van der Waals surface area contributed by atoms with E-state index in [-0.39, 0.29) is 6.10 Å². The lowest BCUT2D eigenvalue weighted by Gasteiger charge is -2.41. The maximum absolute atomic E-state index is 10.1. The molecule has 1 saturated heterocycles. The molecule has 0 spiro atoms. The van der Waals surface area contributed by atoms with Crippen LogP contribution in [-0.4, -0.2) is 47.8 Å². The number of aliphatic hydroxyl groups excluding tert-OH is 1. The number of hydrogen-bond donors (Lipinski definition) is 2.